The van der Waals surface area contributed by atoms with Gasteiger partial charge in [0.1, 0.15) is 5.82 Å². The number of guanidine groups is 1. The Hall–Kier alpha value is -2.37. The Labute approximate surface area is 148 Å². The van der Waals surface area contributed by atoms with Gasteiger partial charge in [0.15, 0.2) is 5.96 Å². The van der Waals surface area contributed by atoms with Gasteiger partial charge in [-0.25, -0.2) is 9.38 Å². The molecule has 2 unspecified atom stereocenters. The number of aryl methyl sites for hydroxylation is 2. The highest BCUT2D eigenvalue weighted by Crippen LogP contribution is 2.41. The van der Waals surface area contributed by atoms with Crippen LogP contribution in [0.3, 0.4) is 0 Å². The van der Waals surface area contributed by atoms with Gasteiger partial charge in [-0.3, -0.25) is 4.68 Å². The van der Waals surface area contributed by atoms with Crippen molar-refractivity contribution in [2.45, 2.75) is 45.7 Å². The number of aliphatic imine (C=N–C) groups is 1. The Bertz CT molecular complexity index is 780. The van der Waals surface area contributed by atoms with Crippen molar-refractivity contribution in [2.24, 2.45) is 12.0 Å². The SMILES string of the molecule is CCNC(=NCc1c(C)nn(C)c1C)NC1CC1c1ccccc1F. The van der Waals surface area contributed by atoms with E-state index in [9.17, 15) is 4.39 Å². The number of rotatable bonds is 5. The van der Waals surface area contributed by atoms with Crippen LogP contribution >= 0.6 is 0 Å². The molecule has 1 aromatic heterocycles. The third kappa shape index (κ3) is 3.83. The van der Waals surface area contributed by atoms with Gasteiger partial charge < -0.3 is 10.6 Å². The van der Waals surface area contributed by atoms with Gasteiger partial charge in [0.2, 0.25) is 0 Å². The van der Waals surface area contributed by atoms with E-state index >= 15 is 0 Å². The van der Waals surface area contributed by atoms with Crippen LogP contribution in [0.5, 0.6) is 0 Å². The summed E-state index contributed by atoms with van der Waals surface area (Å²) in [5, 5.41) is 11.1. The Kier molecular flexibility index (Phi) is 5.06. The second kappa shape index (κ2) is 7.25. The Morgan fingerprint density at radius 3 is 2.76 bits per heavy atom. The lowest BCUT2D eigenvalue weighted by Crippen LogP contribution is -2.39. The van der Waals surface area contributed by atoms with E-state index < -0.39 is 0 Å². The maximum absolute atomic E-state index is 13.9. The molecule has 25 heavy (non-hydrogen) atoms. The van der Waals surface area contributed by atoms with E-state index in [2.05, 4.69) is 22.7 Å². The number of benzene rings is 1. The van der Waals surface area contributed by atoms with Crippen LogP contribution in [-0.2, 0) is 13.6 Å². The normalized spacial score (nSPS) is 19.8. The molecule has 2 aromatic rings. The number of halogens is 1. The molecule has 0 aliphatic heterocycles. The summed E-state index contributed by atoms with van der Waals surface area (Å²) in [5.41, 5.74) is 4.08. The summed E-state index contributed by atoms with van der Waals surface area (Å²) in [6.45, 7) is 7.47. The van der Waals surface area contributed by atoms with E-state index in [4.69, 9.17) is 4.99 Å². The van der Waals surface area contributed by atoms with Gasteiger partial charge in [-0.1, -0.05) is 18.2 Å². The number of nitrogens with zero attached hydrogens (tertiary/aromatic N) is 3. The molecular formula is C19H26FN5. The average molecular weight is 343 g/mol. The molecule has 2 N–H and O–H groups in total. The zero-order chi connectivity index (χ0) is 18.0. The van der Waals surface area contributed by atoms with E-state index in [1.54, 1.807) is 6.07 Å². The second-order valence-electron chi connectivity index (χ2n) is 6.58. The number of nitrogens with one attached hydrogen (secondary N) is 2. The lowest BCUT2D eigenvalue weighted by atomic mass is 10.1. The minimum Gasteiger partial charge on any atom is -0.357 e. The van der Waals surface area contributed by atoms with Gasteiger partial charge in [0, 0.05) is 36.8 Å². The van der Waals surface area contributed by atoms with Crippen LogP contribution in [0, 0.1) is 19.7 Å². The lowest BCUT2D eigenvalue weighted by molar-refractivity contribution is 0.607. The van der Waals surface area contributed by atoms with Gasteiger partial charge in [-0.15, -0.1) is 0 Å². The van der Waals surface area contributed by atoms with E-state index in [1.807, 2.05) is 37.7 Å². The highest BCUT2D eigenvalue weighted by atomic mass is 19.1. The number of hydrogen-bond acceptors (Lipinski definition) is 2. The maximum atomic E-state index is 13.9. The molecule has 0 bridgehead atoms. The predicted molar refractivity (Wildman–Crippen MR) is 98.2 cm³/mol. The molecule has 134 valence electrons. The summed E-state index contributed by atoms with van der Waals surface area (Å²) in [5.74, 6) is 0.862. The van der Waals surface area contributed by atoms with Gasteiger partial charge >= 0.3 is 0 Å². The van der Waals surface area contributed by atoms with Crippen molar-refractivity contribution in [1.82, 2.24) is 20.4 Å². The van der Waals surface area contributed by atoms with E-state index in [-0.39, 0.29) is 17.8 Å². The summed E-state index contributed by atoms with van der Waals surface area (Å²) in [7, 11) is 1.95. The van der Waals surface area contributed by atoms with E-state index in [0.29, 0.717) is 6.54 Å². The van der Waals surface area contributed by atoms with Crippen molar-refractivity contribution in [1.29, 1.82) is 0 Å². The molecule has 0 amide bonds. The zero-order valence-electron chi connectivity index (χ0n) is 15.3. The van der Waals surface area contributed by atoms with Gasteiger partial charge in [-0.05, 0) is 38.8 Å². The molecule has 1 aliphatic carbocycles. The summed E-state index contributed by atoms with van der Waals surface area (Å²) < 4.78 is 15.8. The largest absolute Gasteiger partial charge is 0.357 e. The van der Waals surface area contributed by atoms with Crippen LogP contribution in [0.15, 0.2) is 29.3 Å². The first-order valence-electron chi connectivity index (χ1n) is 8.79. The predicted octanol–water partition coefficient (Wildman–Crippen LogP) is 2.79. The van der Waals surface area contributed by atoms with Crippen LogP contribution in [0.4, 0.5) is 4.39 Å². The Balaban J connectivity index is 1.67. The molecule has 0 saturated heterocycles. The first-order chi connectivity index (χ1) is 12.0. The topological polar surface area (TPSA) is 54.2 Å². The first-order valence-corrected chi connectivity index (χ1v) is 8.79. The van der Waals surface area contributed by atoms with E-state index in [1.165, 1.54) is 6.07 Å². The van der Waals surface area contributed by atoms with Crippen LogP contribution < -0.4 is 10.6 Å². The fraction of sp³-hybridized carbons (Fsp3) is 0.474. The quantitative estimate of drug-likeness (QED) is 0.648. The van der Waals surface area contributed by atoms with Crippen LogP contribution in [0.25, 0.3) is 0 Å². The maximum Gasteiger partial charge on any atom is 0.191 e. The van der Waals surface area contributed by atoms with Crippen molar-refractivity contribution in [2.75, 3.05) is 6.54 Å². The minimum atomic E-state index is -0.125. The molecule has 1 aliphatic rings. The summed E-state index contributed by atoms with van der Waals surface area (Å²) in [4.78, 5) is 4.70. The lowest BCUT2D eigenvalue weighted by Gasteiger charge is -2.11. The van der Waals surface area contributed by atoms with Crippen LogP contribution in [0.2, 0.25) is 0 Å². The Morgan fingerprint density at radius 1 is 1.36 bits per heavy atom. The van der Waals surface area contributed by atoms with Gasteiger partial charge in [-0.2, -0.15) is 5.10 Å². The first kappa shape index (κ1) is 17.5. The molecule has 6 heteroatoms. The van der Waals surface area contributed by atoms with Crippen molar-refractivity contribution in [3.8, 4) is 0 Å². The molecule has 0 radical (unpaired) electrons. The molecule has 1 aromatic carbocycles. The van der Waals surface area contributed by atoms with Crippen LogP contribution in [0.1, 0.15) is 41.8 Å². The van der Waals surface area contributed by atoms with Gasteiger partial charge in [0.25, 0.3) is 0 Å². The average Bonchev–Trinajstić information content (AvgIpc) is 3.28. The van der Waals surface area contributed by atoms with Crippen molar-refractivity contribution in [3.05, 3.63) is 52.6 Å². The number of aromatic nitrogens is 2. The highest BCUT2D eigenvalue weighted by molar-refractivity contribution is 5.80. The molecule has 0 spiro atoms. The van der Waals surface area contributed by atoms with Crippen molar-refractivity contribution < 1.29 is 4.39 Å². The summed E-state index contributed by atoms with van der Waals surface area (Å²) in [6.07, 6.45) is 0.927. The zero-order valence-corrected chi connectivity index (χ0v) is 15.3. The molecule has 1 heterocycles. The van der Waals surface area contributed by atoms with Crippen molar-refractivity contribution in [3.63, 3.8) is 0 Å². The standard InChI is InChI=1S/C19H26FN5/c1-5-21-19(22-11-16-12(2)24-25(4)13(16)3)23-18-10-15(18)14-8-6-7-9-17(14)20/h6-9,15,18H,5,10-11H2,1-4H3,(H2,21,22,23). The number of hydrogen-bond donors (Lipinski definition) is 2. The second-order valence-corrected chi connectivity index (χ2v) is 6.58. The fourth-order valence-electron chi connectivity index (χ4n) is 3.17. The molecule has 1 fully saturated rings. The monoisotopic (exact) mass is 343 g/mol. The van der Waals surface area contributed by atoms with Crippen molar-refractivity contribution >= 4 is 5.96 Å². The smallest absolute Gasteiger partial charge is 0.191 e. The van der Waals surface area contributed by atoms with Crippen LogP contribution in [-0.4, -0.2) is 28.3 Å². The summed E-state index contributed by atoms with van der Waals surface area (Å²) in [6, 6.07) is 7.24. The third-order valence-corrected chi connectivity index (χ3v) is 4.82. The third-order valence-electron chi connectivity index (χ3n) is 4.82. The minimum absolute atomic E-state index is 0.125. The Morgan fingerprint density at radius 2 is 2.12 bits per heavy atom. The highest BCUT2D eigenvalue weighted by Gasteiger charge is 2.40. The summed E-state index contributed by atoms with van der Waals surface area (Å²) >= 11 is 0. The molecular weight excluding hydrogens is 317 g/mol. The van der Waals surface area contributed by atoms with Gasteiger partial charge in [0.05, 0.1) is 12.2 Å². The molecule has 5 nitrogen and oxygen atoms in total. The van der Waals surface area contributed by atoms with E-state index in [0.717, 1.165) is 41.4 Å². The molecule has 3 rings (SSSR count). The molecule has 2 atom stereocenters. The fourth-order valence-corrected chi connectivity index (χ4v) is 3.17. The molecule has 1 saturated carbocycles.